The number of nitrogens with zero attached hydrogens (tertiary/aromatic N) is 3. The number of H-pyrrole nitrogens is 1. The summed E-state index contributed by atoms with van der Waals surface area (Å²) in [4.78, 5) is 29.8. The van der Waals surface area contributed by atoms with Crippen molar-refractivity contribution in [3.8, 4) is 5.95 Å². The summed E-state index contributed by atoms with van der Waals surface area (Å²) in [5.41, 5.74) is 0.961. The standard InChI is InChI=1S/C12H15N5O3/c1-7-5-10(18)15-12(13-7)17-9(4-8(2)16-17)14-11(19)6-20-3/h4-5H,6H2,1-3H3,(H,14,19)(H,13,15,18). The van der Waals surface area contributed by atoms with E-state index in [4.69, 9.17) is 4.74 Å². The molecule has 2 aromatic rings. The van der Waals surface area contributed by atoms with Crippen molar-refractivity contribution in [3.05, 3.63) is 33.9 Å². The fourth-order valence-electron chi connectivity index (χ4n) is 1.72. The first kappa shape index (κ1) is 13.9. The van der Waals surface area contributed by atoms with E-state index in [0.717, 1.165) is 0 Å². The summed E-state index contributed by atoms with van der Waals surface area (Å²) < 4.78 is 6.12. The van der Waals surface area contributed by atoms with Gasteiger partial charge in [-0.2, -0.15) is 9.78 Å². The SMILES string of the molecule is COCC(=O)Nc1cc(C)nn1-c1nc(C)cc(=O)[nH]1. The molecule has 0 radical (unpaired) electrons. The molecule has 0 aliphatic rings. The van der Waals surface area contributed by atoms with Crippen LogP contribution in [0.2, 0.25) is 0 Å². The largest absolute Gasteiger partial charge is 0.375 e. The number of aromatic nitrogens is 4. The molecule has 0 unspecified atom stereocenters. The Balaban J connectivity index is 2.41. The highest BCUT2D eigenvalue weighted by Gasteiger charge is 2.12. The van der Waals surface area contributed by atoms with Crippen LogP contribution in [0.1, 0.15) is 11.4 Å². The van der Waals surface area contributed by atoms with Gasteiger partial charge in [0.2, 0.25) is 5.95 Å². The highest BCUT2D eigenvalue weighted by Crippen LogP contribution is 2.13. The Kier molecular flexibility index (Phi) is 3.94. The second-order valence-corrected chi connectivity index (χ2v) is 4.27. The minimum Gasteiger partial charge on any atom is -0.375 e. The zero-order valence-corrected chi connectivity index (χ0v) is 11.4. The summed E-state index contributed by atoms with van der Waals surface area (Å²) in [7, 11) is 1.43. The third-order valence-corrected chi connectivity index (χ3v) is 2.43. The van der Waals surface area contributed by atoms with Gasteiger partial charge in [-0.3, -0.25) is 14.6 Å². The molecule has 1 amide bonds. The number of rotatable bonds is 4. The molecule has 0 saturated carbocycles. The number of carbonyl (C=O) groups excluding carboxylic acids is 1. The van der Waals surface area contributed by atoms with Crippen LogP contribution >= 0.6 is 0 Å². The smallest absolute Gasteiger partial charge is 0.252 e. The van der Waals surface area contributed by atoms with Crippen LogP contribution in [0.5, 0.6) is 0 Å². The number of carbonyl (C=O) groups is 1. The fraction of sp³-hybridized carbons (Fsp3) is 0.333. The van der Waals surface area contributed by atoms with E-state index >= 15 is 0 Å². The van der Waals surface area contributed by atoms with Gasteiger partial charge in [0.1, 0.15) is 12.4 Å². The Morgan fingerprint density at radius 2 is 2.15 bits per heavy atom. The van der Waals surface area contributed by atoms with E-state index in [9.17, 15) is 9.59 Å². The lowest BCUT2D eigenvalue weighted by Gasteiger charge is -2.07. The first-order valence-electron chi connectivity index (χ1n) is 5.93. The summed E-state index contributed by atoms with van der Waals surface area (Å²) in [6.07, 6.45) is 0. The monoisotopic (exact) mass is 277 g/mol. The molecule has 0 atom stereocenters. The Morgan fingerprint density at radius 3 is 2.80 bits per heavy atom. The van der Waals surface area contributed by atoms with E-state index in [2.05, 4.69) is 20.4 Å². The third kappa shape index (κ3) is 3.09. The van der Waals surface area contributed by atoms with Gasteiger partial charge in [0, 0.05) is 24.9 Å². The second kappa shape index (κ2) is 5.66. The quantitative estimate of drug-likeness (QED) is 0.828. The molecule has 20 heavy (non-hydrogen) atoms. The summed E-state index contributed by atoms with van der Waals surface area (Å²) in [6, 6.07) is 3.05. The number of hydrogen-bond donors (Lipinski definition) is 2. The predicted octanol–water partition coefficient (Wildman–Crippen LogP) is 0.157. The molecule has 2 rings (SSSR count). The lowest BCUT2D eigenvalue weighted by Crippen LogP contribution is -2.21. The summed E-state index contributed by atoms with van der Waals surface area (Å²) in [5.74, 6) is 0.345. The van der Waals surface area contributed by atoms with Crippen molar-refractivity contribution in [3.63, 3.8) is 0 Å². The van der Waals surface area contributed by atoms with Crippen molar-refractivity contribution in [1.29, 1.82) is 0 Å². The third-order valence-electron chi connectivity index (χ3n) is 2.43. The van der Waals surface area contributed by atoms with Crippen molar-refractivity contribution in [2.75, 3.05) is 19.0 Å². The van der Waals surface area contributed by atoms with Crippen LogP contribution in [0.4, 0.5) is 5.82 Å². The van der Waals surface area contributed by atoms with Crippen LogP contribution in [0.15, 0.2) is 16.9 Å². The Bertz CT molecular complexity index is 689. The molecule has 0 bridgehead atoms. The van der Waals surface area contributed by atoms with Crippen LogP contribution in [0.25, 0.3) is 5.95 Å². The number of aryl methyl sites for hydroxylation is 2. The highest BCUT2D eigenvalue weighted by atomic mass is 16.5. The van der Waals surface area contributed by atoms with Crippen molar-refractivity contribution < 1.29 is 9.53 Å². The van der Waals surface area contributed by atoms with E-state index in [1.807, 2.05) is 0 Å². The lowest BCUT2D eigenvalue weighted by atomic mass is 10.4. The molecule has 0 fully saturated rings. The van der Waals surface area contributed by atoms with Gasteiger partial charge >= 0.3 is 0 Å². The zero-order chi connectivity index (χ0) is 14.7. The van der Waals surface area contributed by atoms with E-state index in [0.29, 0.717) is 17.2 Å². The van der Waals surface area contributed by atoms with Gasteiger partial charge in [0.15, 0.2) is 0 Å². The molecule has 106 valence electrons. The van der Waals surface area contributed by atoms with Crippen LogP contribution in [-0.2, 0) is 9.53 Å². The molecule has 2 aromatic heterocycles. The highest BCUT2D eigenvalue weighted by molar-refractivity contribution is 5.91. The maximum Gasteiger partial charge on any atom is 0.252 e. The number of anilines is 1. The van der Waals surface area contributed by atoms with Gasteiger partial charge in [-0.15, -0.1) is 0 Å². The molecule has 0 spiro atoms. The minimum absolute atomic E-state index is 0.0675. The number of hydrogen-bond acceptors (Lipinski definition) is 5. The van der Waals surface area contributed by atoms with Crippen molar-refractivity contribution in [1.82, 2.24) is 19.7 Å². The fourth-order valence-corrected chi connectivity index (χ4v) is 1.72. The second-order valence-electron chi connectivity index (χ2n) is 4.27. The zero-order valence-electron chi connectivity index (χ0n) is 11.4. The lowest BCUT2D eigenvalue weighted by molar-refractivity contribution is -0.119. The van der Waals surface area contributed by atoms with Crippen LogP contribution in [0.3, 0.4) is 0 Å². The molecule has 0 saturated heterocycles. The minimum atomic E-state index is -0.316. The Labute approximate surface area is 114 Å². The molecule has 8 heteroatoms. The van der Waals surface area contributed by atoms with Gasteiger partial charge in [-0.25, -0.2) is 4.98 Å². The number of nitrogens with one attached hydrogen (secondary N) is 2. The van der Waals surface area contributed by atoms with Crippen molar-refractivity contribution in [2.24, 2.45) is 0 Å². The van der Waals surface area contributed by atoms with Crippen LogP contribution in [-0.4, -0.2) is 39.4 Å². The number of methoxy groups -OCH3 is 1. The number of amides is 1. The molecule has 8 nitrogen and oxygen atoms in total. The van der Waals surface area contributed by atoms with E-state index in [1.54, 1.807) is 19.9 Å². The van der Waals surface area contributed by atoms with Gasteiger partial charge in [-0.05, 0) is 13.8 Å². The molecule has 2 heterocycles. The Morgan fingerprint density at radius 1 is 1.40 bits per heavy atom. The molecule has 0 aliphatic heterocycles. The average molecular weight is 277 g/mol. The summed E-state index contributed by atoms with van der Waals surface area (Å²) in [6.45, 7) is 3.41. The summed E-state index contributed by atoms with van der Waals surface area (Å²) in [5, 5.41) is 6.85. The molecule has 0 aromatic carbocycles. The molecular formula is C12H15N5O3. The Hall–Kier alpha value is -2.48. The van der Waals surface area contributed by atoms with Gasteiger partial charge < -0.3 is 10.1 Å². The molecule has 2 N–H and O–H groups in total. The van der Waals surface area contributed by atoms with Gasteiger partial charge in [0.05, 0.1) is 5.69 Å². The van der Waals surface area contributed by atoms with Crippen LogP contribution < -0.4 is 10.9 Å². The van der Waals surface area contributed by atoms with Crippen LogP contribution in [0, 0.1) is 13.8 Å². The first-order chi connectivity index (χ1) is 9.49. The maximum atomic E-state index is 11.6. The van der Waals surface area contributed by atoms with E-state index in [-0.39, 0.29) is 24.0 Å². The number of aromatic amines is 1. The van der Waals surface area contributed by atoms with E-state index in [1.165, 1.54) is 17.9 Å². The summed E-state index contributed by atoms with van der Waals surface area (Å²) >= 11 is 0. The first-order valence-corrected chi connectivity index (χ1v) is 5.93. The number of ether oxygens (including phenoxy) is 1. The topological polar surface area (TPSA) is 102 Å². The normalized spacial score (nSPS) is 10.6. The average Bonchev–Trinajstić information content (AvgIpc) is 2.69. The predicted molar refractivity (Wildman–Crippen MR) is 72.0 cm³/mol. The van der Waals surface area contributed by atoms with Gasteiger partial charge in [-0.1, -0.05) is 0 Å². The van der Waals surface area contributed by atoms with E-state index < -0.39 is 0 Å². The van der Waals surface area contributed by atoms with Gasteiger partial charge in [0.25, 0.3) is 11.5 Å². The van der Waals surface area contributed by atoms with Crippen molar-refractivity contribution in [2.45, 2.75) is 13.8 Å². The molecular weight excluding hydrogens is 262 g/mol. The van der Waals surface area contributed by atoms with Crippen molar-refractivity contribution >= 4 is 11.7 Å². The molecule has 0 aliphatic carbocycles. The maximum absolute atomic E-state index is 11.6.